The monoisotopic (exact) mass is 434 g/mol. The second-order valence-corrected chi connectivity index (χ2v) is 8.21. The molecule has 0 bridgehead atoms. The van der Waals surface area contributed by atoms with Gasteiger partial charge in [0.15, 0.2) is 0 Å². The molecule has 0 aliphatic carbocycles. The number of rotatable bonds is 7. The molecule has 32 heavy (non-hydrogen) atoms. The van der Waals surface area contributed by atoms with Gasteiger partial charge < -0.3 is 11.1 Å². The Balaban J connectivity index is 1.42. The van der Waals surface area contributed by atoms with Crippen LogP contribution in [0.25, 0.3) is 0 Å². The quantitative estimate of drug-likeness (QED) is 0.648. The van der Waals surface area contributed by atoms with E-state index < -0.39 is 0 Å². The molecule has 8 heteroatoms. The largest absolute Gasteiger partial charge is 0.368 e. The molecule has 4 rings (SSSR count). The molecule has 1 unspecified atom stereocenters. The van der Waals surface area contributed by atoms with Crippen molar-refractivity contribution in [2.45, 2.75) is 44.8 Å². The summed E-state index contributed by atoms with van der Waals surface area (Å²) in [5.74, 6) is -0.901. The molecule has 8 nitrogen and oxygen atoms in total. The number of nitrogens with zero attached hydrogens (tertiary/aromatic N) is 2. The molecule has 2 aliphatic rings. The van der Waals surface area contributed by atoms with Gasteiger partial charge in [-0.3, -0.25) is 29.0 Å². The summed E-state index contributed by atoms with van der Waals surface area (Å²) in [6.45, 7) is 1.54. The first-order valence-corrected chi connectivity index (χ1v) is 10.8. The molecule has 2 heterocycles. The van der Waals surface area contributed by atoms with Crippen molar-refractivity contribution in [3.63, 3.8) is 0 Å². The van der Waals surface area contributed by atoms with Crippen molar-refractivity contribution in [1.29, 1.82) is 0 Å². The number of hydrogen-bond acceptors (Lipinski definition) is 5. The highest BCUT2D eigenvalue weighted by Gasteiger charge is 2.30. The number of likely N-dealkylation sites (tertiary alicyclic amines) is 2. The van der Waals surface area contributed by atoms with Gasteiger partial charge in [-0.05, 0) is 48.7 Å². The average molecular weight is 434 g/mol. The van der Waals surface area contributed by atoms with Crippen molar-refractivity contribution in [1.82, 2.24) is 9.80 Å². The van der Waals surface area contributed by atoms with Crippen molar-refractivity contribution < 1.29 is 19.2 Å². The van der Waals surface area contributed by atoms with Crippen LogP contribution in [0, 0.1) is 0 Å². The van der Waals surface area contributed by atoms with Gasteiger partial charge in [0.2, 0.25) is 17.7 Å². The molecule has 3 N–H and O–H groups in total. The fraction of sp³-hybridized carbons (Fsp3) is 0.333. The Morgan fingerprint density at radius 2 is 1.66 bits per heavy atom. The standard InChI is InChI=1S/C24H26N4O4/c25-23(31)20-6-3-13-27(20)15-18-4-1-2-5-19(18)26-24(32)17-9-7-16(8-10-17)14-28-21(29)11-12-22(28)30/h1-2,4-5,7-10,20H,3,6,11-15H2,(H2,25,31)(H,26,32). The molecule has 166 valence electrons. The Hall–Kier alpha value is -3.52. The second-order valence-electron chi connectivity index (χ2n) is 8.21. The third-order valence-corrected chi connectivity index (χ3v) is 6.04. The summed E-state index contributed by atoms with van der Waals surface area (Å²) < 4.78 is 0. The number of imide groups is 1. The molecule has 2 aromatic carbocycles. The number of anilines is 1. The number of benzene rings is 2. The highest BCUT2D eigenvalue weighted by Crippen LogP contribution is 2.24. The summed E-state index contributed by atoms with van der Waals surface area (Å²) >= 11 is 0. The molecule has 4 amide bonds. The number of primary amides is 1. The SMILES string of the molecule is NC(=O)C1CCCN1Cc1ccccc1NC(=O)c1ccc(CN2C(=O)CCC2=O)cc1. The van der Waals surface area contributed by atoms with E-state index in [-0.39, 0.29) is 49.1 Å². The molecular formula is C24H26N4O4. The van der Waals surface area contributed by atoms with Gasteiger partial charge in [-0.2, -0.15) is 0 Å². The third-order valence-electron chi connectivity index (χ3n) is 6.04. The van der Waals surface area contributed by atoms with Gasteiger partial charge in [0.25, 0.3) is 5.91 Å². The third kappa shape index (κ3) is 4.70. The summed E-state index contributed by atoms with van der Waals surface area (Å²) in [5.41, 5.74) is 8.38. The van der Waals surface area contributed by atoms with Crippen molar-refractivity contribution in [2.75, 3.05) is 11.9 Å². The topological polar surface area (TPSA) is 113 Å². The van der Waals surface area contributed by atoms with E-state index in [9.17, 15) is 19.2 Å². The van der Waals surface area contributed by atoms with Crippen LogP contribution in [0.1, 0.15) is 47.2 Å². The highest BCUT2D eigenvalue weighted by molar-refractivity contribution is 6.05. The fourth-order valence-electron chi connectivity index (χ4n) is 4.27. The normalized spacial score (nSPS) is 18.9. The lowest BCUT2D eigenvalue weighted by molar-refractivity contribution is -0.139. The number of para-hydroxylation sites is 1. The van der Waals surface area contributed by atoms with Crippen LogP contribution in [0.2, 0.25) is 0 Å². The maximum Gasteiger partial charge on any atom is 0.255 e. The van der Waals surface area contributed by atoms with E-state index in [1.165, 1.54) is 4.90 Å². The minimum Gasteiger partial charge on any atom is -0.368 e. The Morgan fingerprint density at radius 1 is 0.969 bits per heavy atom. The molecule has 2 aromatic rings. The summed E-state index contributed by atoms with van der Waals surface area (Å²) in [6.07, 6.45) is 2.20. The molecule has 2 saturated heterocycles. The van der Waals surface area contributed by atoms with Crippen molar-refractivity contribution >= 4 is 29.3 Å². The Morgan fingerprint density at radius 3 is 2.34 bits per heavy atom. The minimum absolute atomic E-state index is 0.162. The fourth-order valence-corrected chi connectivity index (χ4v) is 4.27. The number of amides is 4. The molecule has 0 aromatic heterocycles. The molecule has 0 spiro atoms. The van der Waals surface area contributed by atoms with Gasteiger partial charge in [-0.25, -0.2) is 0 Å². The molecule has 2 fully saturated rings. The van der Waals surface area contributed by atoms with Crippen LogP contribution >= 0.6 is 0 Å². The Labute approximate surface area is 186 Å². The first-order valence-electron chi connectivity index (χ1n) is 10.8. The summed E-state index contributed by atoms with van der Waals surface area (Å²) in [4.78, 5) is 51.4. The van der Waals surface area contributed by atoms with Gasteiger partial charge in [-0.15, -0.1) is 0 Å². The lowest BCUT2D eigenvalue weighted by Crippen LogP contribution is -2.39. The number of hydrogen-bond donors (Lipinski definition) is 2. The maximum absolute atomic E-state index is 12.8. The second kappa shape index (κ2) is 9.32. The number of nitrogens with one attached hydrogen (secondary N) is 1. The van der Waals surface area contributed by atoms with Gasteiger partial charge in [0, 0.05) is 30.6 Å². The number of carbonyl (C=O) groups excluding carboxylic acids is 4. The van der Waals surface area contributed by atoms with E-state index in [1.807, 2.05) is 29.2 Å². The van der Waals surface area contributed by atoms with Crippen LogP contribution in [-0.2, 0) is 27.5 Å². The zero-order valence-electron chi connectivity index (χ0n) is 17.8. The van der Waals surface area contributed by atoms with E-state index in [0.717, 1.165) is 30.5 Å². The Bertz CT molecular complexity index is 1030. The number of nitrogens with two attached hydrogens (primary N) is 1. The van der Waals surface area contributed by atoms with Gasteiger partial charge in [0.1, 0.15) is 0 Å². The zero-order valence-corrected chi connectivity index (χ0v) is 17.8. The minimum atomic E-state index is -0.318. The van der Waals surface area contributed by atoms with Crippen LogP contribution in [-0.4, -0.2) is 46.0 Å². The predicted molar refractivity (Wildman–Crippen MR) is 118 cm³/mol. The molecule has 0 saturated carbocycles. The van der Waals surface area contributed by atoms with Crippen LogP contribution in [0.4, 0.5) is 5.69 Å². The average Bonchev–Trinajstić information content (AvgIpc) is 3.37. The summed E-state index contributed by atoms with van der Waals surface area (Å²) in [5, 5.41) is 2.95. The van der Waals surface area contributed by atoms with Crippen molar-refractivity contribution in [3.8, 4) is 0 Å². The van der Waals surface area contributed by atoms with Crippen molar-refractivity contribution in [2.24, 2.45) is 5.73 Å². The first-order chi connectivity index (χ1) is 15.4. The van der Waals surface area contributed by atoms with Gasteiger partial charge >= 0.3 is 0 Å². The zero-order chi connectivity index (χ0) is 22.7. The number of carbonyl (C=O) groups is 4. The molecule has 1 atom stereocenters. The molecular weight excluding hydrogens is 408 g/mol. The lowest BCUT2D eigenvalue weighted by Gasteiger charge is -2.23. The molecule has 0 radical (unpaired) electrons. The van der Waals surface area contributed by atoms with Gasteiger partial charge in [-0.1, -0.05) is 30.3 Å². The lowest BCUT2D eigenvalue weighted by atomic mass is 10.1. The van der Waals surface area contributed by atoms with Crippen LogP contribution in [0.3, 0.4) is 0 Å². The predicted octanol–water partition coefficient (Wildman–Crippen LogP) is 2.04. The molecule has 2 aliphatic heterocycles. The highest BCUT2D eigenvalue weighted by atomic mass is 16.2. The van der Waals surface area contributed by atoms with E-state index in [4.69, 9.17) is 5.73 Å². The summed E-state index contributed by atoms with van der Waals surface area (Å²) in [7, 11) is 0. The van der Waals surface area contributed by atoms with E-state index in [0.29, 0.717) is 17.8 Å². The van der Waals surface area contributed by atoms with E-state index in [1.54, 1.807) is 24.3 Å². The van der Waals surface area contributed by atoms with E-state index >= 15 is 0 Å². The maximum atomic E-state index is 12.8. The van der Waals surface area contributed by atoms with Gasteiger partial charge in [0.05, 0.1) is 12.6 Å². The smallest absolute Gasteiger partial charge is 0.255 e. The van der Waals surface area contributed by atoms with Crippen LogP contribution < -0.4 is 11.1 Å². The van der Waals surface area contributed by atoms with E-state index in [2.05, 4.69) is 5.32 Å². The van der Waals surface area contributed by atoms with Crippen LogP contribution in [0.5, 0.6) is 0 Å². The van der Waals surface area contributed by atoms with Crippen LogP contribution in [0.15, 0.2) is 48.5 Å². The first kappa shape index (κ1) is 21.7. The van der Waals surface area contributed by atoms with Crippen molar-refractivity contribution in [3.05, 3.63) is 65.2 Å². The Kier molecular flexibility index (Phi) is 6.32. The summed E-state index contributed by atoms with van der Waals surface area (Å²) in [6, 6.07) is 14.1.